The molecule has 0 fully saturated rings. The van der Waals surface area contributed by atoms with Crippen molar-refractivity contribution in [2.75, 3.05) is 17.2 Å². The number of pyridine rings is 2. The van der Waals surface area contributed by atoms with Crippen LogP contribution in [0.15, 0.2) is 36.7 Å². The Hall–Kier alpha value is -2.14. The molecule has 0 spiro atoms. The van der Waals surface area contributed by atoms with Gasteiger partial charge in [-0.2, -0.15) is 0 Å². The van der Waals surface area contributed by atoms with E-state index >= 15 is 0 Å². The van der Waals surface area contributed by atoms with E-state index in [1.54, 1.807) is 30.5 Å². The first-order chi connectivity index (χ1) is 9.70. The van der Waals surface area contributed by atoms with E-state index in [1.807, 2.05) is 6.92 Å². The molecule has 5 nitrogen and oxygen atoms in total. The van der Waals surface area contributed by atoms with Crippen LogP contribution in [0.3, 0.4) is 0 Å². The Bertz CT molecular complexity index is 586. The van der Waals surface area contributed by atoms with E-state index in [0.717, 1.165) is 13.0 Å². The van der Waals surface area contributed by atoms with E-state index in [9.17, 15) is 4.79 Å². The number of carbonyl (C=O) groups is 1. The number of carbonyl (C=O) groups excluding carboxylic acids is 1. The van der Waals surface area contributed by atoms with Crippen molar-refractivity contribution in [3.8, 4) is 0 Å². The van der Waals surface area contributed by atoms with Gasteiger partial charge in [0.1, 0.15) is 11.6 Å². The summed E-state index contributed by atoms with van der Waals surface area (Å²) in [6.45, 7) is 2.81. The van der Waals surface area contributed by atoms with Gasteiger partial charge in [-0.15, -0.1) is 0 Å². The van der Waals surface area contributed by atoms with Gasteiger partial charge in [0.15, 0.2) is 0 Å². The van der Waals surface area contributed by atoms with Crippen molar-refractivity contribution in [1.82, 2.24) is 9.97 Å². The molecule has 0 saturated heterocycles. The van der Waals surface area contributed by atoms with E-state index in [1.165, 1.54) is 6.20 Å². The number of hydrogen-bond acceptors (Lipinski definition) is 4. The maximum atomic E-state index is 12.2. The number of halogens is 1. The predicted octanol–water partition coefficient (Wildman–Crippen LogP) is 3.20. The zero-order valence-corrected chi connectivity index (χ0v) is 11.8. The van der Waals surface area contributed by atoms with Crippen LogP contribution in [0.1, 0.15) is 23.7 Å². The molecular formula is C14H15ClN4O. The highest BCUT2D eigenvalue weighted by Crippen LogP contribution is 2.15. The Morgan fingerprint density at radius 1 is 1.30 bits per heavy atom. The van der Waals surface area contributed by atoms with E-state index in [-0.39, 0.29) is 5.91 Å². The summed E-state index contributed by atoms with van der Waals surface area (Å²) in [6.07, 6.45) is 4.09. The molecule has 2 aromatic heterocycles. The summed E-state index contributed by atoms with van der Waals surface area (Å²) in [7, 11) is 0. The van der Waals surface area contributed by atoms with Gasteiger partial charge >= 0.3 is 0 Å². The molecule has 2 rings (SSSR count). The molecule has 0 aromatic carbocycles. The molecule has 20 heavy (non-hydrogen) atoms. The predicted molar refractivity (Wildman–Crippen MR) is 80.2 cm³/mol. The SMILES string of the molecule is CCCNc1ncccc1C(=O)Nc1ccc(Cl)cn1. The summed E-state index contributed by atoms with van der Waals surface area (Å²) in [5.74, 6) is 0.761. The fraction of sp³-hybridized carbons (Fsp3) is 0.214. The molecule has 0 bridgehead atoms. The Morgan fingerprint density at radius 3 is 2.85 bits per heavy atom. The van der Waals surface area contributed by atoms with Crippen molar-refractivity contribution in [1.29, 1.82) is 0 Å². The summed E-state index contributed by atoms with van der Waals surface area (Å²) in [5.41, 5.74) is 0.484. The third-order valence-electron chi connectivity index (χ3n) is 2.56. The Kier molecular flexibility index (Phi) is 4.90. The van der Waals surface area contributed by atoms with Gasteiger partial charge in [0, 0.05) is 18.9 Å². The van der Waals surface area contributed by atoms with Crippen LogP contribution in [0.2, 0.25) is 5.02 Å². The van der Waals surface area contributed by atoms with Crippen LogP contribution in [0.25, 0.3) is 0 Å². The monoisotopic (exact) mass is 290 g/mol. The van der Waals surface area contributed by atoms with Crippen LogP contribution in [0.5, 0.6) is 0 Å². The number of anilines is 2. The molecule has 1 amide bonds. The molecule has 0 aliphatic carbocycles. The van der Waals surface area contributed by atoms with Gasteiger partial charge in [-0.1, -0.05) is 18.5 Å². The van der Waals surface area contributed by atoms with Gasteiger partial charge in [0.25, 0.3) is 5.91 Å². The molecule has 2 aromatic rings. The fourth-order valence-electron chi connectivity index (χ4n) is 1.61. The van der Waals surface area contributed by atoms with Crippen LogP contribution in [-0.4, -0.2) is 22.4 Å². The minimum atomic E-state index is -0.258. The lowest BCUT2D eigenvalue weighted by molar-refractivity contribution is 0.102. The molecule has 0 unspecified atom stereocenters. The van der Waals surface area contributed by atoms with E-state index in [0.29, 0.717) is 22.2 Å². The van der Waals surface area contributed by atoms with Gasteiger partial charge in [0.05, 0.1) is 10.6 Å². The smallest absolute Gasteiger partial charge is 0.260 e. The Labute approximate surface area is 122 Å². The first-order valence-corrected chi connectivity index (χ1v) is 6.70. The van der Waals surface area contributed by atoms with Crippen molar-refractivity contribution in [2.45, 2.75) is 13.3 Å². The summed E-state index contributed by atoms with van der Waals surface area (Å²) in [4.78, 5) is 20.4. The molecule has 6 heteroatoms. The third kappa shape index (κ3) is 3.68. The van der Waals surface area contributed by atoms with Crippen molar-refractivity contribution in [3.63, 3.8) is 0 Å². The van der Waals surface area contributed by atoms with Gasteiger partial charge in [-0.25, -0.2) is 9.97 Å². The molecule has 104 valence electrons. The number of hydrogen-bond donors (Lipinski definition) is 2. The highest BCUT2D eigenvalue weighted by molar-refractivity contribution is 6.30. The lowest BCUT2D eigenvalue weighted by Gasteiger charge is -2.10. The largest absolute Gasteiger partial charge is 0.369 e. The summed E-state index contributed by atoms with van der Waals surface area (Å²) in [5, 5.41) is 6.36. The molecule has 0 aliphatic rings. The molecule has 0 aliphatic heterocycles. The summed E-state index contributed by atoms with van der Waals surface area (Å²) < 4.78 is 0. The average molecular weight is 291 g/mol. The second-order valence-electron chi connectivity index (χ2n) is 4.14. The second-order valence-corrected chi connectivity index (χ2v) is 4.58. The number of nitrogens with zero attached hydrogens (tertiary/aromatic N) is 2. The fourth-order valence-corrected chi connectivity index (χ4v) is 1.72. The summed E-state index contributed by atoms with van der Waals surface area (Å²) >= 11 is 5.75. The van der Waals surface area contributed by atoms with E-state index < -0.39 is 0 Å². The van der Waals surface area contributed by atoms with Crippen molar-refractivity contribution >= 4 is 29.1 Å². The highest BCUT2D eigenvalue weighted by Gasteiger charge is 2.12. The average Bonchev–Trinajstić information content (AvgIpc) is 2.47. The molecule has 2 heterocycles. The normalized spacial score (nSPS) is 10.1. The Balaban J connectivity index is 2.14. The van der Waals surface area contributed by atoms with Crippen LogP contribution in [0, 0.1) is 0 Å². The van der Waals surface area contributed by atoms with Gasteiger partial charge in [0.2, 0.25) is 0 Å². The number of aromatic nitrogens is 2. The van der Waals surface area contributed by atoms with Gasteiger partial charge in [-0.3, -0.25) is 4.79 Å². The maximum Gasteiger partial charge on any atom is 0.260 e. The quantitative estimate of drug-likeness (QED) is 0.887. The van der Waals surface area contributed by atoms with Crippen molar-refractivity contribution < 1.29 is 4.79 Å². The summed E-state index contributed by atoms with van der Waals surface area (Å²) in [6, 6.07) is 6.76. The lowest BCUT2D eigenvalue weighted by atomic mass is 10.2. The minimum absolute atomic E-state index is 0.258. The standard InChI is InChI=1S/C14H15ClN4O/c1-2-7-16-13-11(4-3-8-17-13)14(20)19-12-6-5-10(15)9-18-12/h3-6,8-9H,2,7H2,1H3,(H,16,17)(H,18,19,20). The molecule has 0 saturated carbocycles. The highest BCUT2D eigenvalue weighted by atomic mass is 35.5. The van der Waals surface area contributed by atoms with E-state index in [2.05, 4.69) is 20.6 Å². The maximum absolute atomic E-state index is 12.2. The van der Waals surface area contributed by atoms with Crippen LogP contribution < -0.4 is 10.6 Å². The first kappa shape index (κ1) is 14.3. The van der Waals surface area contributed by atoms with Crippen molar-refractivity contribution in [3.05, 3.63) is 47.2 Å². The second kappa shape index (κ2) is 6.86. The third-order valence-corrected chi connectivity index (χ3v) is 2.79. The van der Waals surface area contributed by atoms with Crippen LogP contribution >= 0.6 is 11.6 Å². The van der Waals surface area contributed by atoms with Crippen molar-refractivity contribution in [2.24, 2.45) is 0 Å². The minimum Gasteiger partial charge on any atom is -0.369 e. The zero-order valence-electron chi connectivity index (χ0n) is 11.1. The Morgan fingerprint density at radius 2 is 2.15 bits per heavy atom. The molecule has 2 N–H and O–H groups in total. The lowest BCUT2D eigenvalue weighted by Crippen LogP contribution is -2.16. The van der Waals surface area contributed by atoms with Crippen LogP contribution in [0.4, 0.5) is 11.6 Å². The first-order valence-electron chi connectivity index (χ1n) is 6.32. The number of rotatable bonds is 5. The van der Waals surface area contributed by atoms with Gasteiger partial charge in [-0.05, 0) is 30.7 Å². The molecule has 0 atom stereocenters. The zero-order chi connectivity index (χ0) is 14.4. The topological polar surface area (TPSA) is 66.9 Å². The van der Waals surface area contributed by atoms with E-state index in [4.69, 9.17) is 11.6 Å². The number of amides is 1. The molecular weight excluding hydrogens is 276 g/mol. The number of nitrogens with one attached hydrogen (secondary N) is 2. The van der Waals surface area contributed by atoms with Crippen LogP contribution in [-0.2, 0) is 0 Å². The van der Waals surface area contributed by atoms with Gasteiger partial charge < -0.3 is 10.6 Å². The molecule has 0 radical (unpaired) electrons.